The summed E-state index contributed by atoms with van der Waals surface area (Å²) in [5.74, 6) is 0.760. The minimum Gasteiger partial charge on any atom is -0.494 e. The Balaban J connectivity index is 1.96. The van der Waals surface area contributed by atoms with E-state index in [2.05, 4.69) is 10.2 Å². The van der Waals surface area contributed by atoms with Crippen LogP contribution in [0.15, 0.2) is 41.0 Å². The molecular formula is C17H21FN2O2. The second-order valence-corrected chi connectivity index (χ2v) is 5.45. The predicted molar refractivity (Wildman–Crippen MR) is 82.6 cm³/mol. The van der Waals surface area contributed by atoms with Gasteiger partial charge in [0.2, 0.25) is 0 Å². The molecule has 1 unspecified atom stereocenters. The van der Waals surface area contributed by atoms with E-state index < -0.39 is 0 Å². The molecule has 1 aliphatic rings. The molecule has 0 saturated carbocycles. The summed E-state index contributed by atoms with van der Waals surface area (Å²) in [5, 5.41) is 3.39. The Kier molecular flexibility index (Phi) is 4.75. The maximum Gasteiger partial charge on any atom is 0.165 e. The highest BCUT2D eigenvalue weighted by molar-refractivity contribution is 5.34. The average Bonchev–Trinajstić information content (AvgIpc) is 2.91. The number of nitrogens with zero attached hydrogens (tertiary/aromatic N) is 1. The lowest BCUT2D eigenvalue weighted by molar-refractivity contribution is 0.215. The summed E-state index contributed by atoms with van der Waals surface area (Å²) in [6.45, 7) is 3.79. The molecule has 1 fully saturated rings. The van der Waals surface area contributed by atoms with E-state index in [4.69, 9.17) is 9.15 Å². The van der Waals surface area contributed by atoms with Gasteiger partial charge in [-0.05, 0) is 42.8 Å². The molecule has 0 spiro atoms. The Hall–Kier alpha value is -1.85. The second-order valence-electron chi connectivity index (χ2n) is 5.45. The summed E-state index contributed by atoms with van der Waals surface area (Å²) in [6, 6.07) is 8.88. The zero-order valence-corrected chi connectivity index (χ0v) is 12.7. The lowest BCUT2D eigenvalue weighted by Crippen LogP contribution is -2.32. The van der Waals surface area contributed by atoms with Crippen LogP contribution in [-0.4, -0.2) is 38.2 Å². The largest absolute Gasteiger partial charge is 0.494 e. The van der Waals surface area contributed by atoms with Gasteiger partial charge in [0.05, 0.1) is 19.4 Å². The molecule has 1 aliphatic heterocycles. The van der Waals surface area contributed by atoms with Gasteiger partial charge in [-0.3, -0.25) is 4.90 Å². The van der Waals surface area contributed by atoms with Gasteiger partial charge in [0.1, 0.15) is 5.76 Å². The molecule has 2 aromatic rings. The third-order valence-corrected chi connectivity index (χ3v) is 4.04. The normalized spacial score (nSPS) is 17.9. The quantitative estimate of drug-likeness (QED) is 0.942. The number of halogens is 1. The van der Waals surface area contributed by atoms with Crippen molar-refractivity contribution in [2.24, 2.45) is 0 Å². The predicted octanol–water partition coefficient (Wildman–Crippen LogP) is 2.81. The van der Waals surface area contributed by atoms with E-state index in [-0.39, 0.29) is 17.6 Å². The summed E-state index contributed by atoms with van der Waals surface area (Å²) in [7, 11) is 1.47. The van der Waals surface area contributed by atoms with Crippen molar-refractivity contribution in [3.8, 4) is 5.75 Å². The van der Waals surface area contributed by atoms with Crippen LogP contribution in [0, 0.1) is 5.82 Å². The summed E-state index contributed by atoms with van der Waals surface area (Å²) >= 11 is 0. The van der Waals surface area contributed by atoms with E-state index in [0.717, 1.165) is 43.9 Å². The smallest absolute Gasteiger partial charge is 0.165 e. The molecule has 1 atom stereocenters. The molecule has 5 heteroatoms. The molecule has 1 N–H and O–H groups in total. The number of hydrogen-bond donors (Lipinski definition) is 1. The third-order valence-electron chi connectivity index (χ3n) is 4.04. The minimum absolute atomic E-state index is 0.0738. The van der Waals surface area contributed by atoms with Crippen molar-refractivity contribution in [3.63, 3.8) is 0 Å². The van der Waals surface area contributed by atoms with Gasteiger partial charge < -0.3 is 14.5 Å². The fourth-order valence-corrected chi connectivity index (χ4v) is 2.98. The summed E-state index contributed by atoms with van der Waals surface area (Å²) in [4.78, 5) is 2.33. The molecule has 0 amide bonds. The molecule has 1 aromatic heterocycles. The minimum atomic E-state index is -0.343. The first-order valence-electron chi connectivity index (χ1n) is 7.61. The zero-order valence-electron chi connectivity index (χ0n) is 12.7. The molecule has 3 rings (SSSR count). The van der Waals surface area contributed by atoms with Crippen molar-refractivity contribution in [2.75, 3.05) is 33.3 Å². The Labute approximate surface area is 129 Å². The van der Waals surface area contributed by atoms with E-state index in [0.29, 0.717) is 0 Å². The van der Waals surface area contributed by atoms with Crippen molar-refractivity contribution in [1.82, 2.24) is 10.2 Å². The van der Waals surface area contributed by atoms with E-state index in [1.54, 1.807) is 18.4 Å². The molecule has 2 heterocycles. The standard InChI is InChI=1S/C17H21FN2O2/c1-21-15-6-5-13(12-14(15)18)17(16-4-2-11-22-16)20-9-3-7-19-8-10-20/h2,4-6,11-12,17,19H,3,7-10H2,1H3. The summed E-state index contributed by atoms with van der Waals surface area (Å²) < 4.78 is 24.8. The molecule has 0 bridgehead atoms. The van der Waals surface area contributed by atoms with Crippen molar-refractivity contribution in [2.45, 2.75) is 12.5 Å². The maximum atomic E-state index is 14.1. The first-order valence-corrected chi connectivity index (χ1v) is 7.61. The second kappa shape index (κ2) is 6.94. The Morgan fingerprint density at radius 3 is 2.91 bits per heavy atom. The van der Waals surface area contributed by atoms with Gasteiger partial charge in [0, 0.05) is 19.6 Å². The van der Waals surface area contributed by atoms with Crippen LogP contribution in [0.3, 0.4) is 0 Å². The van der Waals surface area contributed by atoms with Crippen LogP contribution in [0.1, 0.15) is 23.8 Å². The molecule has 22 heavy (non-hydrogen) atoms. The van der Waals surface area contributed by atoms with Crippen LogP contribution in [0.2, 0.25) is 0 Å². The Morgan fingerprint density at radius 1 is 1.27 bits per heavy atom. The zero-order chi connectivity index (χ0) is 15.4. The highest BCUT2D eigenvalue weighted by Gasteiger charge is 2.26. The SMILES string of the molecule is COc1ccc(C(c2ccco2)N2CCCNCC2)cc1F. The number of benzene rings is 1. The van der Waals surface area contributed by atoms with E-state index >= 15 is 0 Å². The first kappa shape index (κ1) is 15.1. The van der Waals surface area contributed by atoms with Gasteiger partial charge in [-0.15, -0.1) is 0 Å². The molecular weight excluding hydrogens is 283 g/mol. The highest BCUT2D eigenvalue weighted by Crippen LogP contribution is 2.31. The summed E-state index contributed by atoms with van der Waals surface area (Å²) in [6.07, 6.45) is 2.73. The van der Waals surface area contributed by atoms with E-state index in [1.165, 1.54) is 7.11 Å². The molecule has 0 radical (unpaired) electrons. The topological polar surface area (TPSA) is 37.6 Å². The van der Waals surface area contributed by atoms with Gasteiger partial charge in [-0.2, -0.15) is 0 Å². The van der Waals surface area contributed by atoms with Crippen molar-refractivity contribution >= 4 is 0 Å². The Bertz CT molecular complexity index is 593. The van der Waals surface area contributed by atoms with Gasteiger partial charge >= 0.3 is 0 Å². The molecule has 1 saturated heterocycles. The van der Waals surface area contributed by atoms with Crippen molar-refractivity contribution in [3.05, 3.63) is 53.7 Å². The van der Waals surface area contributed by atoms with E-state index in [9.17, 15) is 4.39 Å². The summed E-state index contributed by atoms with van der Waals surface area (Å²) in [5.41, 5.74) is 0.884. The van der Waals surface area contributed by atoms with Crippen LogP contribution < -0.4 is 10.1 Å². The fourth-order valence-electron chi connectivity index (χ4n) is 2.98. The van der Waals surface area contributed by atoms with Crippen LogP contribution in [0.25, 0.3) is 0 Å². The van der Waals surface area contributed by atoms with Gasteiger partial charge in [-0.1, -0.05) is 6.07 Å². The third kappa shape index (κ3) is 3.15. The van der Waals surface area contributed by atoms with Gasteiger partial charge in [0.15, 0.2) is 11.6 Å². The number of furan rings is 1. The van der Waals surface area contributed by atoms with Crippen molar-refractivity contribution in [1.29, 1.82) is 0 Å². The van der Waals surface area contributed by atoms with Crippen LogP contribution in [0.4, 0.5) is 4.39 Å². The van der Waals surface area contributed by atoms with E-state index in [1.807, 2.05) is 18.2 Å². The maximum absolute atomic E-state index is 14.1. The average molecular weight is 304 g/mol. The Morgan fingerprint density at radius 2 is 2.18 bits per heavy atom. The van der Waals surface area contributed by atoms with Crippen LogP contribution in [0.5, 0.6) is 5.75 Å². The number of hydrogen-bond acceptors (Lipinski definition) is 4. The van der Waals surface area contributed by atoms with Gasteiger partial charge in [0.25, 0.3) is 0 Å². The molecule has 0 aliphatic carbocycles. The van der Waals surface area contributed by atoms with Crippen LogP contribution >= 0.6 is 0 Å². The lowest BCUT2D eigenvalue weighted by Gasteiger charge is -2.29. The highest BCUT2D eigenvalue weighted by atomic mass is 19.1. The number of rotatable bonds is 4. The molecule has 118 valence electrons. The van der Waals surface area contributed by atoms with Gasteiger partial charge in [-0.25, -0.2) is 4.39 Å². The fraction of sp³-hybridized carbons (Fsp3) is 0.412. The lowest BCUT2D eigenvalue weighted by atomic mass is 10.0. The number of nitrogens with one attached hydrogen (secondary N) is 1. The number of ether oxygens (including phenoxy) is 1. The van der Waals surface area contributed by atoms with Crippen LogP contribution in [-0.2, 0) is 0 Å². The number of methoxy groups -OCH3 is 1. The molecule has 4 nitrogen and oxygen atoms in total. The first-order chi connectivity index (χ1) is 10.8. The molecule has 1 aromatic carbocycles. The van der Waals surface area contributed by atoms with Crippen molar-refractivity contribution < 1.29 is 13.5 Å². The monoisotopic (exact) mass is 304 g/mol.